The van der Waals surface area contributed by atoms with Crippen LogP contribution >= 0.6 is 0 Å². The van der Waals surface area contributed by atoms with Gasteiger partial charge in [-0.15, -0.1) is 0 Å². The molecule has 5 nitrogen and oxygen atoms in total. The molecule has 1 amide bonds. The van der Waals surface area contributed by atoms with Crippen LogP contribution in [0.1, 0.15) is 28.4 Å². The molecule has 0 aliphatic rings. The Hall–Kier alpha value is -3.12. The van der Waals surface area contributed by atoms with Gasteiger partial charge in [0.2, 0.25) is 0 Å². The van der Waals surface area contributed by atoms with Gasteiger partial charge in [0.25, 0.3) is 15.9 Å². The van der Waals surface area contributed by atoms with Crippen LogP contribution in [0.2, 0.25) is 0 Å². The van der Waals surface area contributed by atoms with E-state index >= 15 is 0 Å². The van der Waals surface area contributed by atoms with Crippen LogP contribution in [0.3, 0.4) is 0 Å². The minimum Gasteiger partial charge on any atom is -0.322 e. The highest BCUT2D eigenvalue weighted by Gasteiger charge is 2.16. The second kappa shape index (κ2) is 8.27. The molecule has 0 radical (unpaired) electrons. The first kappa shape index (κ1) is 19.6. The van der Waals surface area contributed by atoms with Gasteiger partial charge in [0.1, 0.15) is 0 Å². The first-order valence-electron chi connectivity index (χ1n) is 8.98. The number of nitrogens with one attached hydrogen (secondary N) is 2. The van der Waals surface area contributed by atoms with Crippen LogP contribution in [-0.4, -0.2) is 14.3 Å². The molecule has 3 aromatic rings. The van der Waals surface area contributed by atoms with E-state index in [1.165, 1.54) is 12.1 Å². The predicted molar refractivity (Wildman–Crippen MR) is 112 cm³/mol. The van der Waals surface area contributed by atoms with Crippen LogP contribution < -0.4 is 10.0 Å². The summed E-state index contributed by atoms with van der Waals surface area (Å²) in [7, 11) is -3.73. The first-order valence-corrected chi connectivity index (χ1v) is 10.5. The lowest BCUT2D eigenvalue weighted by Gasteiger charge is -2.13. The number of carbonyl (C=O) groups excluding carboxylic acids is 1. The lowest BCUT2D eigenvalue weighted by molar-refractivity contribution is 0.102. The Labute approximate surface area is 165 Å². The monoisotopic (exact) mass is 394 g/mol. The van der Waals surface area contributed by atoms with E-state index in [2.05, 4.69) is 10.0 Å². The highest BCUT2D eigenvalue weighted by molar-refractivity contribution is 7.92. The van der Waals surface area contributed by atoms with Gasteiger partial charge in [-0.3, -0.25) is 9.52 Å². The van der Waals surface area contributed by atoms with Crippen LogP contribution in [0.4, 0.5) is 11.4 Å². The minimum atomic E-state index is -3.73. The molecular weight excluding hydrogens is 372 g/mol. The summed E-state index contributed by atoms with van der Waals surface area (Å²) in [6.45, 7) is 3.81. The summed E-state index contributed by atoms with van der Waals surface area (Å²) in [5.41, 5.74) is 3.27. The predicted octanol–water partition coefficient (Wildman–Crippen LogP) is 4.61. The third-order valence-electron chi connectivity index (χ3n) is 4.44. The van der Waals surface area contributed by atoms with E-state index in [4.69, 9.17) is 0 Å². The summed E-state index contributed by atoms with van der Waals surface area (Å²) in [6.07, 6.45) is 0.798. The molecule has 3 aromatic carbocycles. The lowest BCUT2D eigenvalue weighted by Crippen LogP contribution is -2.16. The quantitative estimate of drug-likeness (QED) is 0.641. The molecule has 2 N–H and O–H groups in total. The van der Waals surface area contributed by atoms with Crippen LogP contribution in [0, 0.1) is 6.92 Å². The van der Waals surface area contributed by atoms with Crippen LogP contribution in [0.25, 0.3) is 0 Å². The Kier molecular flexibility index (Phi) is 5.80. The van der Waals surface area contributed by atoms with Crippen molar-refractivity contribution in [3.05, 3.63) is 89.5 Å². The maximum absolute atomic E-state index is 12.7. The van der Waals surface area contributed by atoms with Crippen molar-refractivity contribution in [1.29, 1.82) is 0 Å². The maximum atomic E-state index is 12.7. The molecule has 0 bridgehead atoms. The zero-order chi connectivity index (χ0) is 20.1. The fourth-order valence-corrected chi connectivity index (χ4v) is 3.96. The highest BCUT2D eigenvalue weighted by atomic mass is 32.2. The summed E-state index contributed by atoms with van der Waals surface area (Å²) in [5, 5.41) is 2.90. The zero-order valence-corrected chi connectivity index (χ0v) is 16.6. The number of anilines is 2. The summed E-state index contributed by atoms with van der Waals surface area (Å²) >= 11 is 0. The average Bonchev–Trinajstić information content (AvgIpc) is 2.70. The molecule has 3 rings (SSSR count). The number of amides is 1. The zero-order valence-electron chi connectivity index (χ0n) is 15.8. The van der Waals surface area contributed by atoms with Crippen molar-refractivity contribution in [2.24, 2.45) is 0 Å². The maximum Gasteiger partial charge on any atom is 0.261 e. The van der Waals surface area contributed by atoms with Crippen LogP contribution in [0.15, 0.2) is 77.7 Å². The van der Waals surface area contributed by atoms with Gasteiger partial charge >= 0.3 is 0 Å². The Morgan fingerprint density at radius 1 is 0.893 bits per heavy atom. The number of rotatable bonds is 6. The number of sulfonamides is 1. The average molecular weight is 394 g/mol. The third kappa shape index (κ3) is 4.40. The molecule has 0 saturated heterocycles. The first-order chi connectivity index (χ1) is 13.4. The van der Waals surface area contributed by atoms with Crippen molar-refractivity contribution in [2.75, 3.05) is 10.0 Å². The fraction of sp³-hybridized carbons (Fsp3) is 0.136. The molecule has 0 unspecified atom stereocenters. The molecule has 0 fully saturated rings. The van der Waals surface area contributed by atoms with Gasteiger partial charge in [-0.05, 0) is 54.8 Å². The number of aryl methyl sites for hydroxylation is 2. The van der Waals surface area contributed by atoms with E-state index in [9.17, 15) is 13.2 Å². The topological polar surface area (TPSA) is 75.3 Å². The van der Waals surface area contributed by atoms with E-state index in [0.717, 1.165) is 23.2 Å². The minimum absolute atomic E-state index is 0.168. The molecule has 6 heteroatoms. The Morgan fingerprint density at radius 2 is 1.57 bits per heavy atom. The van der Waals surface area contributed by atoms with Crippen LogP contribution in [0.5, 0.6) is 0 Å². The van der Waals surface area contributed by atoms with Gasteiger partial charge < -0.3 is 5.32 Å². The van der Waals surface area contributed by atoms with Gasteiger partial charge in [0.05, 0.1) is 10.6 Å². The van der Waals surface area contributed by atoms with Gasteiger partial charge in [-0.25, -0.2) is 8.42 Å². The van der Waals surface area contributed by atoms with Gasteiger partial charge in [-0.1, -0.05) is 49.4 Å². The number of hydrogen-bond donors (Lipinski definition) is 2. The second-order valence-corrected chi connectivity index (χ2v) is 8.10. The summed E-state index contributed by atoms with van der Waals surface area (Å²) in [5.74, 6) is -0.291. The third-order valence-corrected chi connectivity index (χ3v) is 5.83. The number of carbonyl (C=O) groups is 1. The molecule has 0 heterocycles. The van der Waals surface area contributed by atoms with Crippen molar-refractivity contribution >= 4 is 27.3 Å². The fourth-order valence-electron chi connectivity index (χ4n) is 2.82. The number of hydrogen-bond acceptors (Lipinski definition) is 3. The molecule has 28 heavy (non-hydrogen) atoms. The van der Waals surface area contributed by atoms with E-state index in [1.54, 1.807) is 43.3 Å². The lowest BCUT2D eigenvalue weighted by atomic mass is 10.1. The summed E-state index contributed by atoms with van der Waals surface area (Å²) in [4.78, 5) is 12.9. The molecule has 0 atom stereocenters. The van der Waals surface area contributed by atoms with E-state index in [0.29, 0.717) is 11.3 Å². The largest absolute Gasteiger partial charge is 0.322 e. The van der Waals surface area contributed by atoms with Crippen molar-refractivity contribution in [2.45, 2.75) is 25.2 Å². The normalized spacial score (nSPS) is 11.1. The van der Waals surface area contributed by atoms with Crippen molar-refractivity contribution in [1.82, 2.24) is 0 Å². The molecule has 0 saturated carbocycles. The Bertz CT molecular complexity index is 1090. The molecule has 0 spiro atoms. The van der Waals surface area contributed by atoms with Crippen molar-refractivity contribution < 1.29 is 13.2 Å². The SMILES string of the molecule is CCc1ccccc1NC(=O)c1ccc(C)c(NS(=O)(=O)c2ccccc2)c1. The van der Waals surface area contributed by atoms with E-state index in [-0.39, 0.29) is 10.8 Å². The Balaban J connectivity index is 1.86. The van der Waals surface area contributed by atoms with Gasteiger partial charge in [-0.2, -0.15) is 0 Å². The van der Waals surface area contributed by atoms with Gasteiger partial charge in [0, 0.05) is 11.3 Å². The Morgan fingerprint density at radius 3 is 2.29 bits per heavy atom. The molecule has 0 aliphatic carbocycles. The van der Waals surface area contributed by atoms with Crippen molar-refractivity contribution in [3.8, 4) is 0 Å². The smallest absolute Gasteiger partial charge is 0.261 e. The van der Waals surface area contributed by atoms with Crippen molar-refractivity contribution in [3.63, 3.8) is 0 Å². The second-order valence-electron chi connectivity index (χ2n) is 6.41. The molecule has 0 aliphatic heterocycles. The highest BCUT2D eigenvalue weighted by Crippen LogP contribution is 2.23. The van der Waals surface area contributed by atoms with E-state index < -0.39 is 10.0 Å². The number of benzene rings is 3. The summed E-state index contributed by atoms with van der Waals surface area (Å²) in [6, 6.07) is 20.7. The standard InChI is InChI=1S/C22H22N2O3S/c1-3-17-9-7-8-12-20(17)23-22(25)18-14-13-16(2)21(15-18)24-28(26,27)19-10-5-4-6-11-19/h4-15,24H,3H2,1-2H3,(H,23,25). The molecular formula is C22H22N2O3S. The van der Waals surface area contributed by atoms with Crippen LogP contribution in [-0.2, 0) is 16.4 Å². The van der Waals surface area contributed by atoms with Gasteiger partial charge in [0.15, 0.2) is 0 Å². The summed E-state index contributed by atoms with van der Waals surface area (Å²) < 4.78 is 27.8. The van der Waals surface area contributed by atoms with E-state index in [1.807, 2.05) is 31.2 Å². The molecule has 144 valence electrons. The molecule has 0 aromatic heterocycles. The number of para-hydroxylation sites is 1.